The third kappa shape index (κ3) is 3.30. The van der Waals surface area contributed by atoms with Crippen molar-refractivity contribution in [2.24, 2.45) is 0 Å². The molecule has 1 fully saturated rings. The average Bonchev–Trinajstić information content (AvgIpc) is 2.71. The predicted molar refractivity (Wildman–Crippen MR) is 112 cm³/mol. The largest absolute Gasteiger partial charge is 0.495 e. The third-order valence-corrected chi connectivity index (χ3v) is 5.68. The summed E-state index contributed by atoms with van der Waals surface area (Å²) in [6.45, 7) is 4.09. The number of halogens is 1. The van der Waals surface area contributed by atoms with Crippen molar-refractivity contribution < 1.29 is 4.74 Å². The summed E-state index contributed by atoms with van der Waals surface area (Å²) in [7, 11) is 1.57. The van der Waals surface area contributed by atoms with Crippen LogP contribution in [0.3, 0.4) is 0 Å². The van der Waals surface area contributed by atoms with Crippen LogP contribution in [0.1, 0.15) is 24.8 Å². The van der Waals surface area contributed by atoms with Crippen LogP contribution >= 0.6 is 11.6 Å². The lowest BCUT2D eigenvalue weighted by Crippen LogP contribution is -2.29. The molecule has 1 aliphatic heterocycles. The number of ether oxygens (including phenoxy) is 1. The van der Waals surface area contributed by atoms with Crippen molar-refractivity contribution in [2.45, 2.75) is 26.2 Å². The molecule has 4 rings (SSSR count). The van der Waals surface area contributed by atoms with E-state index in [1.54, 1.807) is 19.2 Å². The van der Waals surface area contributed by atoms with Gasteiger partial charge in [0.2, 0.25) is 0 Å². The molecule has 2 heterocycles. The second kappa shape index (κ2) is 7.28. The number of aromatic amines is 1. The maximum absolute atomic E-state index is 12.9. The summed E-state index contributed by atoms with van der Waals surface area (Å²) in [5.41, 5.74) is 4.48. The summed E-state index contributed by atoms with van der Waals surface area (Å²) >= 11 is 6.19. The topological polar surface area (TPSA) is 45.3 Å². The highest BCUT2D eigenvalue weighted by Gasteiger charge is 2.14. The normalized spacial score (nSPS) is 14.6. The molecule has 0 atom stereocenters. The number of pyridine rings is 1. The molecule has 0 spiro atoms. The van der Waals surface area contributed by atoms with Gasteiger partial charge in [0.15, 0.2) is 5.43 Å². The van der Waals surface area contributed by atoms with Gasteiger partial charge < -0.3 is 14.6 Å². The molecule has 0 bridgehead atoms. The molecule has 4 nitrogen and oxygen atoms in total. The lowest BCUT2D eigenvalue weighted by atomic mass is 10.0. The second-order valence-corrected chi connectivity index (χ2v) is 7.49. The van der Waals surface area contributed by atoms with Gasteiger partial charge in [-0.2, -0.15) is 0 Å². The van der Waals surface area contributed by atoms with E-state index >= 15 is 0 Å². The number of anilines is 1. The van der Waals surface area contributed by atoms with E-state index in [1.165, 1.54) is 24.9 Å². The van der Waals surface area contributed by atoms with Crippen molar-refractivity contribution in [2.75, 3.05) is 25.1 Å². The first-order valence-corrected chi connectivity index (χ1v) is 9.72. The molecular weight excluding hydrogens is 360 g/mol. The number of nitrogens with zero attached hydrogens (tertiary/aromatic N) is 1. The molecule has 1 aromatic heterocycles. The maximum Gasteiger partial charge on any atom is 0.192 e. The van der Waals surface area contributed by atoms with Crippen molar-refractivity contribution in [1.82, 2.24) is 4.98 Å². The molecule has 0 aliphatic carbocycles. The van der Waals surface area contributed by atoms with Crippen LogP contribution in [0.2, 0.25) is 5.02 Å². The molecule has 0 unspecified atom stereocenters. The van der Waals surface area contributed by atoms with Crippen LogP contribution in [-0.2, 0) is 0 Å². The summed E-state index contributed by atoms with van der Waals surface area (Å²) in [5.74, 6) is 0.551. The Balaban J connectivity index is 1.77. The summed E-state index contributed by atoms with van der Waals surface area (Å²) in [6, 6.07) is 11.9. The molecule has 140 valence electrons. The number of methoxy groups -OCH3 is 1. The zero-order chi connectivity index (χ0) is 19.0. The number of benzene rings is 2. The zero-order valence-corrected chi connectivity index (χ0v) is 16.4. The van der Waals surface area contributed by atoms with Crippen LogP contribution in [0.25, 0.3) is 22.2 Å². The van der Waals surface area contributed by atoms with Crippen LogP contribution < -0.4 is 15.1 Å². The second-order valence-electron chi connectivity index (χ2n) is 7.08. The monoisotopic (exact) mass is 382 g/mol. The van der Waals surface area contributed by atoms with Gasteiger partial charge in [0.25, 0.3) is 0 Å². The molecular formula is C22H23ClN2O2. The highest BCUT2D eigenvalue weighted by atomic mass is 35.5. The number of hydrogen-bond acceptors (Lipinski definition) is 3. The van der Waals surface area contributed by atoms with E-state index in [-0.39, 0.29) is 5.43 Å². The zero-order valence-electron chi connectivity index (χ0n) is 15.6. The fourth-order valence-corrected chi connectivity index (χ4v) is 4.07. The first-order valence-electron chi connectivity index (χ1n) is 9.34. The predicted octanol–water partition coefficient (Wildman–Crippen LogP) is 5.16. The molecule has 1 saturated heterocycles. The summed E-state index contributed by atoms with van der Waals surface area (Å²) < 4.78 is 5.29. The van der Waals surface area contributed by atoms with Gasteiger partial charge in [-0.25, -0.2) is 0 Å². The third-order valence-electron chi connectivity index (χ3n) is 5.39. The van der Waals surface area contributed by atoms with E-state index < -0.39 is 0 Å². The number of aromatic nitrogens is 1. The Kier molecular flexibility index (Phi) is 4.83. The van der Waals surface area contributed by atoms with Crippen molar-refractivity contribution >= 4 is 28.2 Å². The Hall–Kier alpha value is -2.46. The van der Waals surface area contributed by atoms with Gasteiger partial charge in [-0.15, -0.1) is 0 Å². The number of hydrogen-bond donors (Lipinski definition) is 1. The smallest absolute Gasteiger partial charge is 0.192 e. The van der Waals surface area contributed by atoms with Gasteiger partial charge in [-0.05, 0) is 49.9 Å². The Morgan fingerprint density at radius 1 is 1.07 bits per heavy atom. The first-order chi connectivity index (χ1) is 13.1. The Bertz CT molecular complexity index is 1030. The van der Waals surface area contributed by atoms with Crippen LogP contribution in [0.15, 0.2) is 41.2 Å². The van der Waals surface area contributed by atoms with E-state index in [0.29, 0.717) is 21.7 Å². The highest BCUT2D eigenvalue weighted by molar-refractivity contribution is 6.32. The fourth-order valence-electron chi connectivity index (χ4n) is 3.82. The van der Waals surface area contributed by atoms with Crippen LogP contribution in [0.4, 0.5) is 5.69 Å². The minimum Gasteiger partial charge on any atom is -0.495 e. The van der Waals surface area contributed by atoms with Crippen molar-refractivity contribution in [1.29, 1.82) is 0 Å². The lowest BCUT2D eigenvalue weighted by Gasteiger charge is -2.28. The average molecular weight is 383 g/mol. The number of H-pyrrole nitrogens is 1. The van der Waals surface area contributed by atoms with Gasteiger partial charge in [0.05, 0.1) is 23.3 Å². The van der Waals surface area contributed by atoms with E-state index in [4.69, 9.17) is 16.3 Å². The van der Waals surface area contributed by atoms with Crippen molar-refractivity contribution in [3.05, 3.63) is 57.2 Å². The van der Waals surface area contributed by atoms with Gasteiger partial charge in [0, 0.05) is 35.8 Å². The summed E-state index contributed by atoms with van der Waals surface area (Å²) in [5, 5.41) is 1.01. The molecule has 3 aromatic rings. The molecule has 0 saturated carbocycles. The Morgan fingerprint density at radius 3 is 2.44 bits per heavy atom. The summed E-state index contributed by atoms with van der Waals surface area (Å²) in [4.78, 5) is 18.7. The molecule has 1 aliphatic rings. The van der Waals surface area contributed by atoms with Crippen LogP contribution in [0.5, 0.6) is 5.75 Å². The quantitative estimate of drug-likeness (QED) is 0.680. The molecule has 1 N–H and O–H groups in total. The van der Waals surface area contributed by atoms with Gasteiger partial charge >= 0.3 is 0 Å². The van der Waals surface area contributed by atoms with E-state index in [1.807, 2.05) is 6.92 Å². The van der Waals surface area contributed by atoms with Gasteiger partial charge in [-0.3, -0.25) is 4.79 Å². The van der Waals surface area contributed by atoms with Gasteiger partial charge in [-0.1, -0.05) is 23.7 Å². The van der Waals surface area contributed by atoms with E-state index in [2.05, 4.69) is 34.1 Å². The van der Waals surface area contributed by atoms with Crippen LogP contribution in [0, 0.1) is 6.92 Å². The van der Waals surface area contributed by atoms with Crippen molar-refractivity contribution in [3.63, 3.8) is 0 Å². The first kappa shape index (κ1) is 17.9. The van der Waals surface area contributed by atoms with Crippen molar-refractivity contribution in [3.8, 4) is 17.0 Å². The van der Waals surface area contributed by atoms with E-state index in [0.717, 1.165) is 29.9 Å². The number of rotatable bonds is 3. The van der Waals surface area contributed by atoms with E-state index in [9.17, 15) is 4.79 Å². The minimum atomic E-state index is -0.0107. The molecule has 0 amide bonds. The fraction of sp³-hybridized carbons (Fsp3) is 0.318. The van der Waals surface area contributed by atoms with Gasteiger partial charge in [0.1, 0.15) is 5.75 Å². The SMILES string of the molecule is COc1cc2[nH]c(-c3ccc(N4CCCCC4)cc3)c(C)c(=O)c2cc1Cl. The highest BCUT2D eigenvalue weighted by Crippen LogP contribution is 2.31. The standard InChI is InChI=1S/C22H23ClN2O2/c1-14-21(15-6-8-16(9-7-15)25-10-4-3-5-11-25)24-19-13-20(27-2)18(23)12-17(19)22(14)26/h6-9,12-13H,3-5,10-11H2,1-2H3,(H,24,26). The number of piperidine rings is 1. The Morgan fingerprint density at radius 2 is 1.78 bits per heavy atom. The molecule has 0 radical (unpaired) electrons. The lowest BCUT2D eigenvalue weighted by molar-refractivity contribution is 0.415. The van der Waals surface area contributed by atoms with Crippen LogP contribution in [-0.4, -0.2) is 25.2 Å². The molecule has 27 heavy (non-hydrogen) atoms. The maximum atomic E-state index is 12.9. The minimum absolute atomic E-state index is 0.0107. The number of fused-ring (bicyclic) bond motifs is 1. The molecule has 5 heteroatoms. The Labute approximate surface area is 163 Å². The number of nitrogens with one attached hydrogen (secondary N) is 1. The molecule has 2 aromatic carbocycles. The summed E-state index contributed by atoms with van der Waals surface area (Å²) in [6.07, 6.45) is 3.83.